The minimum Gasteiger partial charge on any atom is -0.456 e. The van der Waals surface area contributed by atoms with E-state index in [0.717, 1.165) is 20.3 Å². The third-order valence-electron chi connectivity index (χ3n) is 6.84. The van der Waals surface area contributed by atoms with Crippen LogP contribution in [0.15, 0.2) is 47.5 Å². The number of benzene rings is 1. The summed E-state index contributed by atoms with van der Waals surface area (Å²) in [6, 6.07) is 5.45. The number of nitrogens with zero attached hydrogens (tertiary/aromatic N) is 4. The number of aliphatic hydroxyl groups is 1. The van der Waals surface area contributed by atoms with E-state index < -0.39 is 22.9 Å². The summed E-state index contributed by atoms with van der Waals surface area (Å²) in [7, 11) is 1.97. The highest BCUT2D eigenvalue weighted by Crippen LogP contribution is 2.52. The summed E-state index contributed by atoms with van der Waals surface area (Å²) in [6.45, 7) is 3.47. The molecule has 4 heterocycles. The van der Waals surface area contributed by atoms with Gasteiger partial charge in [-0.1, -0.05) is 30.0 Å². The lowest BCUT2D eigenvalue weighted by Crippen LogP contribution is -2.63. The Balaban J connectivity index is 1.51. The van der Waals surface area contributed by atoms with Crippen LogP contribution < -0.4 is 4.57 Å². The molecule has 12 heteroatoms. The first-order valence-corrected chi connectivity index (χ1v) is 13.4. The summed E-state index contributed by atoms with van der Waals surface area (Å²) in [5.41, 5.74) is 1.48. The molecule has 3 aromatic rings. The third-order valence-corrected chi connectivity index (χ3v) is 8.98. The number of imidazole rings is 1. The van der Waals surface area contributed by atoms with Gasteiger partial charge in [-0.05, 0) is 30.9 Å². The predicted molar refractivity (Wildman–Crippen MR) is 133 cm³/mol. The molecule has 2 aliphatic rings. The number of fused-ring (bicyclic) bond motifs is 2. The third kappa shape index (κ3) is 3.71. The maximum atomic E-state index is 13.4. The Bertz CT molecular complexity index is 1420. The van der Waals surface area contributed by atoms with Crippen molar-refractivity contribution in [2.45, 2.75) is 37.6 Å². The molecular weight excluding hydrogens is 504 g/mol. The first-order valence-electron chi connectivity index (χ1n) is 11.3. The van der Waals surface area contributed by atoms with E-state index >= 15 is 0 Å². The molecule has 1 amide bonds. The highest BCUT2D eigenvalue weighted by atomic mass is 32.2. The molecular formula is C24H25N4O6S2+. The maximum absolute atomic E-state index is 13.4. The number of hydrogen-bond acceptors (Lipinski definition) is 8. The molecule has 0 aliphatic carbocycles. The largest absolute Gasteiger partial charge is 0.456 e. The Hall–Kier alpha value is -3.22. The number of hydrogen-bond donors (Lipinski definition) is 1. The normalized spacial score (nSPS) is 22.1. The number of thiazole rings is 1. The van der Waals surface area contributed by atoms with Gasteiger partial charge in [-0.15, -0.1) is 0 Å². The first-order chi connectivity index (χ1) is 17.1. The quantitative estimate of drug-likeness (QED) is 0.125. The number of carbonyl (C=O) groups is 2. The fourth-order valence-electron chi connectivity index (χ4n) is 5.17. The first kappa shape index (κ1) is 24.5. The second-order valence-corrected chi connectivity index (χ2v) is 10.9. The number of aromatic nitrogens is 2. The van der Waals surface area contributed by atoms with Crippen molar-refractivity contribution in [1.29, 1.82) is 0 Å². The number of non-ortho nitro benzene ring substituents is 1. The van der Waals surface area contributed by atoms with Gasteiger partial charge in [0.2, 0.25) is 22.1 Å². The number of rotatable bonds is 7. The van der Waals surface area contributed by atoms with Gasteiger partial charge in [-0.25, -0.2) is 9.36 Å². The summed E-state index contributed by atoms with van der Waals surface area (Å²) < 4.78 is 9.64. The molecule has 0 bridgehead atoms. The number of amides is 1. The molecule has 0 unspecified atom stereocenters. The molecule has 1 saturated heterocycles. The minimum absolute atomic E-state index is 0.0509. The zero-order valence-corrected chi connectivity index (χ0v) is 21.7. The average Bonchev–Trinajstić information content (AvgIpc) is 3.43. The Morgan fingerprint density at radius 2 is 2.06 bits per heavy atom. The number of aryl methyl sites for hydroxylation is 1. The maximum Gasteiger partial charge on any atom is 0.355 e. The van der Waals surface area contributed by atoms with Crippen LogP contribution in [0.25, 0.3) is 10.4 Å². The SMILES string of the molecule is CSc1c2sc(C3=C(C(=O)OCc4ccc([N+](=O)[O-])cc4)N4C(=O)[C@H]([C@@H](C)O)[C@H]4[C@H]3C)cn2c[n+]1C. The second kappa shape index (κ2) is 9.02. The Labute approximate surface area is 214 Å². The van der Waals surface area contributed by atoms with Crippen LogP contribution in [0.1, 0.15) is 24.3 Å². The number of aliphatic hydroxyl groups excluding tert-OH is 1. The molecule has 0 radical (unpaired) electrons. The minimum atomic E-state index is -0.834. The fraction of sp³-hybridized carbons (Fsp3) is 0.375. The van der Waals surface area contributed by atoms with Crippen molar-refractivity contribution in [3.05, 3.63) is 63.0 Å². The van der Waals surface area contributed by atoms with E-state index in [2.05, 4.69) is 0 Å². The summed E-state index contributed by atoms with van der Waals surface area (Å²) in [5.74, 6) is -1.69. The van der Waals surface area contributed by atoms with Crippen molar-refractivity contribution in [3.8, 4) is 0 Å². The Morgan fingerprint density at radius 3 is 2.67 bits per heavy atom. The Morgan fingerprint density at radius 1 is 1.36 bits per heavy atom. The van der Waals surface area contributed by atoms with Gasteiger partial charge in [0.1, 0.15) is 18.5 Å². The van der Waals surface area contributed by atoms with E-state index in [1.165, 1.54) is 29.2 Å². The van der Waals surface area contributed by atoms with Crippen LogP contribution in [-0.4, -0.2) is 49.6 Å². The smallest absolute Gasteiger partial charge is 0.355 e. The number of nitro groups is 1. The summed E-state index contributed by atoms with van der Waals surface area (Å²) in [5, 5.41) is 22.2. The topological polar surface area (TPSA) is 118 Å². The van der Waals surface area contributed by atoms with E-state index in [9.17, 15) is 24.8 Å². The van der Waals surface area contributed by atoms with Crippen molar-refractivity contribution in [2.75, 3.05) is 6.26 Å². The number of thioether (sulfide) groups is 1. The fourth-order valence-corrected chi connectivity index (χ4v) is 7.36. The number of nitro benzene ring substituents is 1. The highest BCUT2D eigenvalue weighted by Gasteiger charge is 2.60. The van der Waals surface area contributed by atoms with Gasteiger partial charge in [0.15, 0.2) is 0 Å². The van der Waals surface area contributed by atoms with Crippen LogP contribution in [0.4, 0.5) is 5.69 Å². The van der Waals surface area contributed by atoms with Gasteiger partial charge in [-0.2, -0.15) is 4.40 Å². The van der Waals surface area contributed by atoms with E-state index in [1.807, 2.05) is 41.7 Å². The molecule has 2 aromatic heterocycles. The molecule has 36 heavy (non-hydrogen) atoms. The molecule has 2 aliphatic heterocycles. The lowest BCUT2D eigenvalue weighted by molar-refractivity contribution is -0.705. The van der Waals surface area contributed by atoms with E-state index in [0.29, 0.717) is 5.56 Å². The van der Waals surface area contributed by atoms with Gasteiger partial charge < -0.3 is 14.7 Å². The molecule has 0 saturated carbocycles. The van der Waals surface area contributed by atoms with E-state index in [-0.39, 0.29) is 35.9 Å². The molecule has 1 fully saturated rings. The molecule has 188 valence electrons. The van der Waals surface area contributed by atoms with Gasteiger partial charge in [-0.3, -0.25) is 14.9 Å². The van der Waals surface area contributed by atoms with Crippen molar-refractivity contribution in [1.82, 2.24) is 9.30 Å². The standard InChI is InChI=1S/C24H25N4O6S2/c1-12-17(16-9-26-11-25(3)22(35-4)23(26)36-16)20(27-19(12)18(13(2)29)21(27)30)24(31)34-10-14-5-7-15(8-6-14)28(32)33/h5-9,11-13,18-19,29H,10H2,1-4H3/q+1/t12-,13+,18+,19+/m0/s1. The molecule has 10 nitrogen and oxygen atoms in total. The summed E-state index contributed by atoms with van der Waals surface area (Å²) >= 11 is 3.17. The van der Waals surface area contributed by atoms with Crippen LogP contribution in [0.2, 0.25) is 0 Å². The molecule has 1 N–H and O–H groups in total. The molecule has 0 spiro atoms. The monoisotopic (exact) mass is 529 g/mol. The van der Waals surface area contributed by atoms with Crippen LogP contribution in [0.3, 0.4) is 0 Å². The molecule has 5 rings (SSSR count). The van der Waals surface area contributed by atoms with Gasteiger partial charge in [0.25, 0.3) is 5.69 Å². The van der Waals surface area contributed by atoms with Crippen LogP contribution in [0.5, 0.6) is 0 Å². The van der Waals surface area contributed by atoms with Crippen molar-refractivity contribution < 1.29 is 28.9 Å². The van der Waals surface area contributed by atoms with Crippen molar-refractivity contribution in [3.63, 3.8) is 0 Å². The number of β-lactam (4-membered cyclic amide) rings is 1. The van der Waals surface area contributed by atoms with E-state index in [4.69, 9.17) is 4.74 Å². The lowest BCUT2D eigenvalue weighted by Gasteiger charge is -2.46. The van der Waals surface area contributed by atoms with Gasteiger partial charge in [0.05, 0.1) is 34.9 Å². The van der Waals surface area contributed by atoms with Gasteiger partial charge >= 0.3 is 5.97 Å². The average molecular weight is 530 g/mol. The Kier molecular flexibility index (Phi) is 6.13. The zero-order valence-electron chi connectivity index (χ0n) is 20.1. The predicted octanol–water partition coefficient (Wildman–Crippen LogP) is 2.77. The van der Waals surface area contributed by atoms with Crippen LogP contribution in [-0.2, 0) is 28.0 Å². The lowest BCUT2D eigenvalue weighted by atomic mass is 9.77. The highest BCUT2D eigenvalue weighted by molar-refractivity contribution is 7.98. The molecule has 4 atom stereocenters. The zero-order chi connectivity index (χ0) is 25.9. The number of carbonyl (C=O) groups excluding carboxylic acids is 2. The second-order valence-electron chi connectivity index (χ2n) is 9.06. The van der Waals surface area contributed by atoms with Crippen LogP contribution >= 0.6 is 23.1 Å². The van der Waals surface area contributed by atoms with E-state index in [1.54, 1.807) is 30.0 Å². The molecule has 1 aromatic carbocycles. The summed E-state index contributed by atoms with van der Waals surface area (Å²) in [4.78, 5) is 40.2. The number of esters is 1. The van der Waals surface area contributed by atoms with Crippen molar-refractivity contribution >= 4 is 51.1 Å². The van der Waals surface area contributed by atoms with Gasteiger partial charge in [0, 0.05) is 23.6 Å². The van der Waals surface area contributed by atoms with Crippen molar-refractivity contribution in [2.24, 2.45) is 18.9 Å². The number of ether oxygens (including phenoxy) is 1. The summed E-state index contributed by atoms with van der Waals surface area (Å²) in [6.07, 6.45) is 5.10. The van der Waals surface area contributed by atoms with Crippen LogP contribution in [0, 0.1) is 22.0 Å².